The van der Waals surface area contributed by atoms with Gasteiger partial charge < -0.3 is 9.47 Å². The lowest BCUT2D eigenvalue weighted by Crippen LogP contribution is -1.99. The molecule has 2 rings (SSSR count). The van der Waals surface area contributed by atoms with Gasteiger partial charge in [0.2, 0.25) is 0 Å². The van der Waals surface area contributed by atoms with Crippen molar-refractivity contribution in [2.24, 2.45) is 0 Å². The van der Waals surface area contributed by atoms with Crippen LogP contribution < -0.4 is 0 Å². The fourth-order valence-electron chi connectivity index (χ4n) is 2.55. The topological polar surface area (TPSA) is 18.5 Å². The number of hydrogen-bond acceptors (Lipinski definition) is 2. The molecule has 118 valence electrons. The van der Waals surface area contributed by atoms with Crippen molar-refractivity contribution in [3.8, 4) is 11.1 Å². The van der Waals surface area contributed by atoms with Crippen molar-refractivity contribution in [1.82, 2.24) is 0 Å². The maximum absolute atomic E-state index is 14.5. The zero-order valence-electron chi connectivity index (χ0n) is 13.3. The van der Waals surface area contributed by atoms with Gasteiger partial charge in [0.05, 0.1) is 13.2 Å². The second kappa shape index (κ2) is 7.82. The third kappa shape index (κ3) is 3.73. The molecule has 0 saturated heterocycles. The highest BCUT2D eigenvalue weighted by molar-refractivity contribution is 7.15. The van der Waals surface area contributed by atoms with Gasteiger partial charge in [-0.2, -0.15) is 0 Å². The fraction of sp³-hybridized carbons (Fsp3) is 0.333. The van der Waals surface area contributed by atoms with Gasteiger partial charge in [-0.3, -0.25) is 0 Å². The van der Waals surface area contributed by atoms with Gasteiger partial charge in [0.15, 0.2) is 0 Å². The Labute approximate surface area is 133 Å². The first-order valence-electron chi connectivity index (χ1n) is 7.19. The summed E-state index contributed by atoms with van der Waals surface area (Å²) in [5.41, 5.74) is 5.55. The van der Waals surface area contributed by atoms with E-state index in [1.807, 2.05) is 25.1 Å². The Hall–Kier alpha value is -1.28. The van der Waals surface area contributed by atoms with Gasteiger partial charge >= 0.3 is 0 Å². The van der Waals surface area contributed by atoms with Gasteiger partial charge in [0, 0.05) is 19.8 Å². The van der Waals surface area contributed by atoms with Crippen LogP contribution in [0.4, 0.5) is 4.39 Å². The van der Waals surface area contributed by atoms with Crippen LogP contribution >= 0.6 is 9.24 Å². The third-order valence-corrected chi connectivity index (χ3v) is 4.19. The van der Waals surface area contributed by atoms with E-state index in [-0.39, 0.29) is 5.82 Å². The standard InChI is InChI=1S/C18H22FO2P/c1-12-6-18(19)17(8-14(12)9-20-2)16-5-4-13(11-22)7-15(16)10-21-3/h4-8H,9-11,22H2,1-3H3. The van der Waals surface area contributed by atoms with Crippen LogP contribution in [0.15, 0.2) is 30.3 Å². The van der Waals surface area contributed by atoms with Crippen LogP contribution in [0.25, 0.3) is 11.1 Å². The summed E-state index contributed by atoms with van der Waals surface area (Å²) in [6, 6.07) is 9.52. The number of hydrogen-bond donors (Lipinski definition) is 0. The van der Waals surface area contributed by atoms with E-state index in [0.717, 1.165) is 28.4 Å². The van der Waals surface area contributed by atoms with Crippen LogP contribution in [0.2, 0.25) is 0 Å². The van der Waals surface area contributed by atoms with Crippen molar-refractivity contribution < 1.29 is 13.9 Å². The molecule has 0 aliphatic heterocycles. The molecule has 0 bridgehead atoms. The minimum absolute atomic E-state index is 0.215. The van der Waals surface area contributed by atoms with E-state index >= 15 is 0 Å². The maximum Gasteiger partial charge on any atom is 0.131 e. The molecule has 2 aromatic rings. The molecule has 0 aliphatic carbocycles. The molecule has 0 spiro atoms. The largest absolute Gasteiger partial charge is 0.380 e. The Morgan fingerprint density at radius 2 is 1.64 bits per heavy atom. The highest BCUT2D eigenvalue weighted by atomic mass is 31.0. The summed E-state index contributed by atoms with van der Waals surface area (Å²) in [7, 11) is 6.00. The van der Waals surface area contributed by atoms with Crippen molar-refractivity contribution in [3.63, 3.8) is 0 Å². The highest BCUT2D eigenvalue weighted by Gasteiger charge is 2.13. The molecule has 22 heavy (non-hydrogen) atoms. The van der Waals surface area contributed by atoms with Crippen molar-refractivity contribution in [3.05, 3.63) is 58.4 Å². The zero-order chi connectivity index (χ0) is 16.1. The van der Waals surface area contributed by atoms with Crippen LogP contribution in [-0.4, -0.2) is 14.2 Å². The monoisotopic (exact) mass is 320 g/mol. The number of methoxy groups -OCH3 is 2. The average molecular weight is 320 g/mol. The number of ether oxygens (including phenoxy) is 2. The molecule has 2 nitrogen and oxygen atoms in total. The molecule has 1 atom stereocenters. The summed E-state index contributed by atoms with van der Waals surface area (Å²) >= 11 is 0. The maximum atomic E-state index is 14.5. The lowest BCUT2D eigenvalue weighted by Gasteiger charge is -2.14. The van der Waals surface area contributed by atoms with Gasteiger partial charge in [-0.1, -0.05) is 18.2 Å². The van der Waals surface area contributed by atoms with Gasteiger partial charge in [-0.15, -0.1) is 9.24 Å². The molecule has 0 radical (unpaired) electrons. The van der Waals surface area contributed by atoms with Crippen LogP contribution in [0.3, 0.4) is 0 Å². The molecule has 0 heterocycles. The van der Waals surface area contributed by atoms with E-state index < -0.39 is 0 Å². The number of rotatable bonds is 6. The first-order valence-corrected chi connectivity index (χ1v) is 8.01. The van der Waals surface area contributed by atoms with Crippen molar-refractivity contribution in [2.45, 2.75) is 26.3 Å². The smallest absolute Gasteiger partial charge is 0.131 e. The van der Waals surface area contributed by atoms with Gasteiger partial charge in [-0.25, -0.2) is 4.39 Å². The Bertz CT molecular complexity index is 656. The molecular weight excluding hydrogens is 298 g/mol. The van der Waals surface area contributed by atoms with Gasteiger partial charge in [0.1, 0.15) is 5.82 Å². The number of aryl methyl sites for hydroxylation is 1. The van der Waals surface area contributed by atoms with Crippen molar-refractivity contribution in [2.75, 3.05) is 14.2 Å². The lowest BCUT2D eigenvalue weighted by atomic mass is 9.94. The summed E-state index contributed by atoms with van der Waals surface area (Å²) in [5, 5.41) is 0. The fourth-order valence-corrected chi connectivity index (χ4v) is 2.80. The second-order valence-corrected chi connectivity index (χ2v) is 5.73. The first-order chi connectivity index (χ1) is 10.6. The van der Waals surface area contributed by atoms with Crippen LogP contribution in [0.1, 0.15) is 22.3 Å². The number of halogens is 1. The van der Waals surface area contributed by atoms with E-state index in [1.54, 1.807) is 20.3 Å². The molecule has 0 saturated carbocycles. The SMILES string of the molecule is COCc1cc(-c2ccc(CP)cc2COC)c(F)cc1C. The quantitative estimate of drug-likeness (QED) is 0.731. The summed E-state index contributed by atoms with van der Waals surface area (Å²) in [6.45, 7) is 2.83. The molecule has 1 unspecified atom stereocenters. The highest BCUT2D eigenvalue weighted by Crippen LogP contribution is 2.31. The summed E-state index contributed by atoms with van der Waals surface area (Å²) in [4.78, 5) is 0. The van der Waals surface area contributed by atoms with Gasteiger partial charge in [-0.05, 0) is 53.0 Å². The van der Waals surface area contributed by atoms with Crippen molar-refractivity contribution >= 4 is 9.24 Å². The normalized spacial score (nSPS) is 11.0. The molecule has 0 amide bonds. The molecular formula is C18H22FO2P. The van der Waals surface area contributed by atoms with Crippen molar-refractivity contribution in [1.29, 1.82) is 0 Å². The van der Waals surface area contributed by atoms with Crippen LogP contribution in [0.5, 0.6) is 0 Å². The van der Waals surface area contributed by atoms with E-state index in [4.69, 9.17) is 9.47 Å². The van der Waals surface area contributed by atoms with E-state index in [9.17, 15) is 4.39 Å². The Balaban J connectivity index is 2.57. The lowest BCUT2D eigenvalue weighted by molar-refractivity contribution is 0.184. The average Bonchev–Trinajstić information content (AvgIpc) is 2.51. The Morgan fingerprint density at radius 3 is 2.27 bits per heavy atom. The first kappa shape index (κ1) is 17.1. The minimum Gasteiger partial charge on any atom is -0.380 e. The third-order valence-electron chi connectivity index (χ3n) is 3.72. The molecule has 4 heteroatoms. The number of benzene rings is 2. The summed E-state index contributed by atoms with van der Waals surface area (Å²) in [5.74, 6) is -0.215. The van der Waals surface area contributed by atoms with E-state index in [2.05, 4.69) is 15.3 Å². The predicted molar refractivity (Wildman–Crippen MR) is 91.4 cm³/mol. The predicted octanol–water partition coefficient (Wildman–Crippen LogP) is 4.47. The molecule has 0 fully saturated rings. The Kier molecular flexibility index (Phi) is 6.07. The summed E-state index contributed by atoms with van der Waals surface area (Å²) < 4.78 is 25.0. The summed E-state index contributed by atoms with van der Waals surface area (Å²) in [6.07, 6.45) is 0.863. The van der Waals surface area contributed by atoms with Gasteiger partial charge in [0.25, 0.3) is 0 Å². The Morgan fingerprint density at radius 1 is 0.955 bits per heavy atom. The van der Waals surface area contributed by atoms with E-state index in [0.29, 0.717) is 18.8 Å². The van der Waals surface area contributed by atoms with Crippen LogP contribution in [0, 0.1) is 12.7 Å². The minimum atomic E-state index is -0.215. The molecule has 0 aromatic heterocycles. The second-order valence-electron chi connectivity index (χ2n) is 5.32. The molecule has 0 aliphatic rings. The molecule has 0 N–H and O–H groups in total. The van der Waals surface area contributed by atoms with Crippen LogP contribution in [-0.2, 0) is 28.8 Å². The zero-order valence-corrected chi connectivity index (χ0v) is 14.4. The van der Waals surface area contributed by atoms with E-state index in [1.165, 1.54) is 5.56 Å². The molecule has 2 aromatic carbocycles.